The van der Waals surface area contributed by atoms with Crippen molar-refractivity contribution < 1.29 is 23.7 Å². The average molecular weight is 405 g/mol. The van der Waals surface area contributed by atoms with E-state index in [4.69, 9.17) is 53.9 Å². The topological polar surface area (TPSA) is 133 Å². The van der Waals surface area contributed by atoms with E-state index in [1.807, 2.05) is 0 Å². The summed E-state index contributed by atoms with van der Waals surface area (Å²) in [7, 11) is 2.79. The van der Waals surface area contributed by atoms with Crippen LogP contribution in [-0.4, -0.2) is 61.0 Å². The first-order valence-electron chi connectivity index (χ1n) is 7.43. The number of ether oxygens (including phenoxy) is 5. The van der Waals surface area contributed by atoms with Gasteiger partial charge in [0.15, 0.2) is 5.82 Å². The van der Waals surface area contributed by atoms with Crippen molar-refractivity contribution in [3.05, 3.63) is 10.4 Å². The maximum Gasteiger partial charge on any atom is 0.355 e. The molecule has 1 unspecified atom stereocenters. The number of methoxy groups -OCH3 is 2. The Morgan fingerprint density at radius 1 is 1.31 bits per heavy atom. The lowest BCUT2D eigenvalue weighted by Crippen LogP contribution is -2.41. The number of anilines is 3. The van der Waals surface area contributed by atoms with Gasteiger partial charge >= 0.3 is 10.5 Å². The standard InChI is InChI=1S/C13H19N5O6S2/c1-20-12(25)23-5-3-4-22-11(24-13(26)21-2)18-6-15-7-8(18)16-10(14)17-9(7)19/h11,15H,3-6H2,1-2H3,(H3,14,16,17,19). The zero-order valence-electron chi connectivity index (χ0n) is 14.1. The minimum atomic E-state index is -0.987. The maximum absolute atomic E-state index is 11.9. The smallest absolute Gasteiger partial charge is 0.355 e. The third kappa shape index (κ3) is 5.06. The van der Waals surface area contributed by atoms with Crippen molar-refractivity contribution in [1.82, 2.24) is 9.97 Å². The van der Waals surface area contributed by atoms with Gasteiger partial charge in [0.25, 0.3) is 12.0 Å². The summed E-state index contributed by atoms with van der Waals surface area (Å²) in [6.07, 6.45) is -0.485. The first kappa shape index (κ1) is 19.9. The third-order valence-corrected chi connectivity index (χ3v) is 3.72. The van der Waals surface area contributed by atoms with E-state index in [9.17, 15) is 4.79 Å². The molecular formula is C13H19N5O6S2. The number of nitrogens with zero attached hydrogens (tertiary/aromatic N) is 2. The fraction of sp³-hybridized carbons (Fsp3) is 0.538. The maximum atomic E-state index is 11.9. The van der Waals surface area contributed by atoms with Crippen LogP contribution in [-0.2, 0) is 23.7 Å². The Bertz CT molecular complexity index is 715. The molecule has 1 aliphatic heterocycles. The summed E-state index contributed by atoms with van der Waals surface area (Å²) in [6.45, 7) is 0.748. The van der Waals surface area contributed by atoms with Crippen molar-refractivity contribution >= 4 is 52.4 Å². The monoisotopic (exact) mass is 405 g/mol. The second-order valence-corrected chi connectivity index (χ2v) is 5.53. The first-order valence-corrected chi connectivity index (χ1v) is 8.25. The van der Waals surface area contributed by atoms with Crippen LogP contribution in [0.15, 0.2) is 4.79 Å². The Kier molecular flexibility index (Phi) is 7.17. The van der Waals surface area contributed by atoms with Crippen LogP contribution in [0.25, 0.3) is 0 Å². The van der Waals surface area contributed by atoms with Gasteiger partial charge < -0.3 is 34.7 Å². The summed E-state index contributed by atoms with van der Waals surface area (Å²) in [5.41, 5.74) is 5.47. The highest BCUT2D eigenvalue weighted by Crippen LogP contribution is 2.28. The number of H-pyrrole nitrogens is 1. The van der Waals surface area contributed by atoms with E-state index >= 15 is 0 Å². The lowest BCUT2D eigenvalue weighted by atomic mass is 10.4. The third-order valence-electron chi connectivity index (χ3n) is 3.17. The number of nitrogen functional groups attached to an aromatic ring is 1. The van der Waals surface area contributed by atoms with Gasteiger partial charge in [-0.2, -0.15) is 4.98 Å². The van der Waals surface area contributed by atoms with Crippen molar-refractivity contribution in [3.63, 3.8) is 0 Å². The highest BCUT2D eigenvalue weighted by molar-refractivity contribution is 7.79. The van der Waals surface area contributed by atoms with Gasteiger partial charge in [-0.05, 0) is 0 Å². The van der Waals surface area contributed by atoms with Crippen LogP contribution in [0.1, 0.15) is 6.42 Å². The summed E-state index contributed by atoms with van der Waals surface area (Å²) >= 11 is 9.70. The molecule has 0 radical (unpaired) electrons. The summed E-state index contributed by atoms with van der Waals surface area (Å²) in [5, 5.41) is 2.83. The van der Waals surface area contributed by atoms with Crippen molar-refractivity contribution in [2.45, 2.75) is 12.8 Å². The van der Waals surface area contributed by atoms with Gasteiger partial charge in [-0.25, -0.2) is 0 Å². The van der Waals surface area contributed by atoms with Gasteiger partial charge in [0.05, 0.1) is 34.1 Å². The number of aromatic nitrogens is 2. The number of nitrogens with one attached hydrogen (secondary N) is 2. The Hall–Kier alpha value is -2.38. The molecule has 144 valence electrons. The number of aromatic amines is 1. The molecule has 0 saturated heterocycles. The molecular weight excluding hydrogens is 386 g/mol. The molecule has 0 bridgehead atoms. The van der Waals surface area contributed by atoms with Crippen LogP contribution < -0.4 is 21.5 Å². The predicted octanol–water partition coefficient (Wildman–Crippen LogP) is 0.128. The summed E-state index contributed by atoms with van der Waals surface area (Å²) in [6, 6.07) is 0. The lowest BCUT2D eigenvalue weighted by molar-refractivity contribution is -0.0999. The molecule has 13 heteroatoms. The summed E-state index contributed by atoms with van der Waals surface area (Å²) in [4.78, 5) is 20.0. The molecule has 2 heterocycles. The van der Waals surface area contributed by atoms with Crippen LogP contribution in [0.2, 0.25) is 0 Å². The quantitative estimate of drug-likeness (QED) is 0.323. The van der Waals surface area contributed by atoms with Crippen LogP contribution in [0, 0.1) is 0 Å². The molecule has 11 nitrogen and oxygen atoms in total. The van der Waals surface area contributed by atoms with Crippen molar-refractivity contribution in [1.29, 1.82) is 0 Å². The number of rotatable bonds is 7. The largest absolute Gasteiger partial charge is 0.460 e. The second kappa shape index (κ2) is 9.35. The van der Waals surface area contributed by atoms with Gasteiger partial charge in [-0.15, -0.1) is 0 Å². The van der Waals surface area contributed by atoms with Gasteiger partial charge in [0.2, 0.25) is 5.95 Å². The number of hydrogen-bond donors (Lipinski definition) is 3. The van der Waals surface area contributed by atoms with Gasteiger partial charge in [0.1, 0.15) is 5.69 Å². The molecule has 1 aromatic rings. The number of nitrogens with two attached hydrogens (primary N) is 1. The summed E-state index contributed by atoms with van der Waals surface area (Å²) in [5.74, 6) is 0.254. The Balaban J connectivity index is 2.03. The normalized spacial score (nSPS) is 13.4. The van der Waals surface area contributed by atoms with Crippen LogP contribution >= 0.6 is 24.4 Å². The minimum absolute atomic E-state index is 0.0306. The molecule has 2 rings (SSSR count). The molecule has 0 aliphatic carbocycles. The molecule has 0 amide bonds. The molecule has 1 aliphatic rings. The molecule has 0 fully saturated rings. The number of fused-ring (bicyclic) bond motifs is 1. The summed E-state index contributed by atoms with van der Waals surface area (Å²) < 4.78 is 25.9. The molecule has 0 aromatic carbocycles. The zero-order valence-corrected chi connectivity index (χ0v) is 15.8. The molecule has 0 spiro atoms. The van der Waals surface area contributed by atoms with E-state index < -0.39 is 12.0 Å². The highest BCUT2D eigenvalue weighted by atomic mass is 32.1. The van der Waals surface area contributed by atoms with Gasteiger partial charge in [-0.1, -0.05) is 0 Å². The average Bonchev–Trinajstić information content (AvgIpc) is 3.03. The SMILES string of the molecule is COC(=S)OCCCOC(OC(=S)OC)N1CNc2c1nc(N)[nH]c2=O. The fourth-order valence-corrected chi connectivity index (χ4v) is 2.20. The molecule has 0 saturated carbocycles. The second-order valence-electron chi connectivity index (χ2n) is 4.86. The predicted molar refractivity (Wildman–Crippen MR) is 101 cm³/mol. The van der Waals surface area contributed by atoms with E-state index in [0.29, 0.717) is 13.0 Å². The Morgan fingerprint density at radius 3 is 2.73 bits per heavy atom. The molecule has 4 N–H and O–H groups in total. The van der Waals surface area contributed by atoms with Gasteiger partial charge in [-0.3, -0.25) is 14.7 Å². The molecule has 26 heavy (non-hydrogen) atoms. The lowest BCUT2D eigenvalue weighted by Gasteiger charge is -2.27. The van der Waals surface area contributed by atoms with Crippen LogP contribution in [0.5, 0.6) is 0 Å². The van der Waals surface area contributed by atoms with E-state index in [1.54, 1.807) is 4.90 Å². The van der Waals surface area contributed by atoms with Crippen molar-refractivity contribution in [3.8, 4) is 0 Å². The fourth-order valence-electron chi connectivity index (χ4n) is 2.03. The van der Waals surface area contributed by atoms with E-state index in [2.05, 4.69) is 15.3 Å². The minimum Gasteiger partial charge on any atom is -0.460 e. The van der Waals surface area contributed by atoms with E-state index in [1.165, 1.54) is 14.2 Å². The van der Waals surface area contributed by atoms with Gasteiger partial charge in [0, 0.05) is 30.9 Å². The zero-order chi connectivity index (χ0) is 19.1. The molecule has 1 aromatic heterocycles. The molecule has 1 atom stereocenters. The van der Waals surface area contributed by atoms with Crippen LogP contribution in [0.3, 0.4) is 0 Å². The van der Waals surface area contributed by atoms with E-state index in [-0.39, 0.29) is 41.2 Å². The van der Waals surface area contributed by atoms with Crippen molar-refractivity contribution in [2.24, 2.45) is 0 Å². The Labute approximate surface area is 159 Å². The van der Waals surface area contributed by atoms with Crippen LogP contribution in [0.4, 0.5) is 17.5 Å². The number of thiocarbonyl (C=S) groups is 2. The highest BCUT2D eigenvalue weighted by Gasteiger charge is 2.32. The first-order chi connectivity index (χ1) is 12.5. The van der Waals surface area contributed by atoms with Crippen molar-refractivity contribution in [2.75, 3.05) is 50.1 Å². The van der Waals surface area contributed by atoms with E-state index in [0.717, 1.165) is 0 Å². The number of hydrogen-bond acceptors (Lipinski definition) is 12. The Morgan fingerprint density at radius 2 is 2.04 bits per heavy atom.